The van der Waals surface area contributed by atoms with Gasteiger partial charge in [0.15, 0.2) is 6.10 Å². The van der Waals surface area contributed by atoms with Crippen LogP contribution in [0.5, 0.6) is 0 Å². The van der Waals surface area contributed by atoms with Gasteiger partial charge in [0.1, 0.15) is 13.2 Å². The number of unbranched alkanes of at least 4 members (excludes halogenated alkanes) is 26. The van der Waals surface area contributed by atoms with Crippen LogP contribution in [0.25, 0.3) is 0 Å². The Kier molecular flexibility index (Phi) is 65.8. The van der Waals surface area contributed by atoms with Gasteiger partial charge in [-0.25, -0.2) is 0 Å². The van der Waals surface area contributed by atoms with Gasteiger partial charge in [0.05, 0.1) is 0 Å². The van der Waals surface area contributed by atoms with Crippen LogP contribution in [0.15, 0.2) is 146 Å². The van der Waals surface area contributed by atoms with E-state index >= 15 is 0 Å². The molecule has 0 fully saturated rings. The molecule has 0 spiro atoms. The van der Waals surface area contributed by atoms with Crippen molar-refractivity contribution in [3.8, 4) is 0 Å². The van der Waals surface area contributed by atoms with Gasteiger partial charge in [-0.15, -0.1) is 0 Å². The highest BCUT2D eigenvalue weighted by molar-refractivity contribution is 5.71. The molecular formula is C77H126O6. The van der Waals surface area contributed by atoms with Crippen LogP contribution in [0.3, 0.4) is 0 Å². The lowest BCUT2D eigenvalue weighted by Crippen LogP contribution is -2.30. The summed E-state index contributed by atoms with van der Waals surface area (Å²) >= 11 is 0. The Morgan fingerprint density at radius 1 is 0.253 bits per heavy atom. The van der Waals surface area contributed by atoms with Crippen LogP contribution in [0.4, 0.5) is 0 Å². The summed E-state index contributed by atoms with van der Waals surface area (Å²) in [5.41, 5.74) is 0. The van der Waals surface area contributed by atoms with Gasteiger partial charge >= 0.3 is 17.9 Å². The van der Waals surface area contributed by atoms with Crippen LogP contribution in [-0.2, 0) is 28.6 Å². The fourth-order valence-electron chi connectivity index (χ4n) is 9.23. The smallest absolute Gasteiger partial charge is 0.306 e. The molecule has 0 N–H and O–H groups in total. The SMILES string of the molecule is CC/C=C\C/C=C\C/C=C\C/C=C\C/C=C\C/C=C\C/C=C\C/C=C\CCCCCCCCCCC(=O)OCC(COC(=O)CCCCC/C=C\C/C=C\C/C=C\CC)OC(=O)CCCCCCCCCCC/C=C\CCCCCCCC. The third-order valence-electron chi connectivity index (χ3n) is 14.3. The largest absolute Gasteiger partial charge is 0.462 e. The molecule has 0 amide bonds. The Morgan fingerprint density at radius 3 is 0.759 bits per heavy atom. The normalized spacial score (nSPS) is 13.0. The van der Waals surface area contributed by atoms with Gasteiger partial charge in [-0.2, -0.15) is 0 Å². The van der Waals surface area contributed by atoms with Crippen molar-refractivity contribution >= 4 is 17.9 Å². The lowest BCUT2D eigenvalue weighted by atomic mass is 10.1. The molecule has 0 aliphatic rings. The van der Waals surface area contributed by atoms with Gasteiger partial charge in [-0.05, 0) is 141 Å². The molecular weight excluding hydrogens is 1020 g/mol. The zero-order valence-corrected chi connectivity index (χ0v) is 53.9. The molecule has 6 heteroatoms. The Hall–Kier alpha value is -4.71. The highest BCUT2D eigenvalue weighted by atomic mass is 16.6. The van der Waals surface area contributed by atoms with Crippen molar-refractivity contribution in [2.45, 2.75) is 309 Å². The first-order chi connectivity index (χ1) is 41.0. The molecule has 0 saturated carbocycles. The second-order valence-electron chi connectivity index (χ2n) is 22.3. The minimum absolute atomic E-state index is 0.0960. The summed E-state index contributed by atoms with van der Waals surface area (Å²) in [5, 5.41) is 0. The van der Waals surface area contributed by atoms with Crippen LogP contribution < -0.4 is 0 Å². The maximum atomic E-state index is 12.9. The molecule has 0 aromatic carbocycles. The summed E-state index contributed by atoms with van der Waals surface area (Å²) in [4.78, 5) is 38.4. The standard InChI is InChI=1S/C77H126O6/c1-4-7-10-13-16-19-22-25-27-29-31-32-33-34-35-36-37-38-39-40-41-42-43-44-46-47-49-52-55-58-61-64-67-70-76(79)82-73-74(72-81-75(78)69-66-63-60-57-54-51-24-21-18-15-12-9-6-3)83-77(80)71-68-65-62-59-56-53-50-48-45-30-28-26-23-20-17-14-11-8-5-2/h7,9-10,12,16,18-19,21,25-28,31-32,34-35,37-38,40-41,43-44,51,54,74H,4-6,8,11,13-15,17,20,22-24,29-30,33,36,39,42,45-50,52-53,55-73H2,1-3H3/b10-7-,12-9-,19-16-,21-18-,27-25-,28-26-,32-31-,35-34-,38-37-,41-40-,44-43-,54-51-. The number of carbonyl (C=O) groups excluding carboxylic acids is 3. The number of carbonyl (C=O) groups is 3. The van der Waals surface area contributed by atoms with E-state index in [9.17, 15) is 14.4 Å². The molecule has 0 bridgehead atoms. The fraction of sp³-hybridized carbons (Fsp3) is 0.649. The Bertz CT molecular complexity index is 1800. The van der Waals surface area contributed by atoms with Gasteiger partial charge in [-0.1, -0.05) is 289 Å². The van der Waals surface area contributed by atoms with Crippen molar-refractivity contribution in [2.75, 3.05) is 13.2 Å². The van der Waals surface area contributed by atoms with Crippen molar-refractivity contribution in [3.05, 3.63) is 146 Å². The van der Waals surface area contributed by atoms with Gasteiger partial charge in [0.2, 0.25) is 0 Å². The summed E-state index contributed by atoms with van der Waals surface area (Å²) in [7, 11) is 0. The number of ether oxygens (including phenoxy) is 3. The second-order valence-corrected chi connectivity index (χ2v) is 22.3. The minimum Gasteiger partial charge on any atom is -0.462 e. The monoisotopic (exact) mass is 1150 g/mol. The van der Waals surface area contributed by atoms with E-state index in [1.807, 2.05) is 0 Å². The average Bonchev–Trinajstić information content (AvgIpc) is 3.49. The fourth-order valence-corrected chi connectivity index (χ4v) is 9.23. The molecule has 6 nitrogen and oxygen atoms in total. The number of allylic oxidation sites excluding steroid dienone is 24. The number of hydrogen-bond donors (Lipinski definition) is 0. The van der Waals surface area contributed by atoms with E-state index in [0.29, 0.717) is 19.3 Å². The van der Waals surface area contributed by atoms with E-state index in [2.05, 4.69) is 167 Å². The third-order valence-corrected chi connectivity index (χ3v) is 14.3. The average molecular weight is 1150 g/mol. The summed E-state index contributed by atoms with van der Waals surface area (Å²) in [6.45, 7) is 6.39. The van der Waals surface area contributed by atoms with Crippen LogP contribution in [-0.4, -0.2) is 37.2 Å². The van der Waals surface area contributed by atoms with Crippen LogP contribution in [0, 0.1) is 0 Å². The van der Waals surface area contributed by atoms with Crippen molar-refractivity contribution in [1.82, 2.24) is 0 Å². The summed E-state index contributed by atoms with van der Waals surface area (Å²) in [6, 6.07) is 0. The minimum atomic E-state index is -0.801. The molecule has 1 atom stereocenters. The quantitative estimate of drug-likeness (QED) is 0.0261. The van der Waals surface area contributed by atoms with E-state index in [1.165, 1.54) is 122 Å². The summed E-state index contributed by atoms with van der Waals surface area (Å²) in [5.74, 6) is -0.932. The lowest BCUT2D eigenvalue weighted by molar-refractivity contribution is -0.167. The van der Waals surface area contributed by atoms with Gasteiger partial charge < -0.3 is 14.2 Å². The molecule has 0 aliphatic heterocycles. The molecule has 0 aromatic heterocycles. The van der Waals surface area contributed by atoms with Crippen LogP contribution in [0.2, 0.25) is 0 Å². The van der Waals surface area contributed by atoms with Gasteiger partial charge in [0, 0.05) is 19.3 Å². The maximum Gasteiger partial charge on any atom is 0.306 e. The molecule has 83 heavy (non-hydrogen) atoms. The van der Waals surface area contributed by atoms with Crippen molar-refractivity contribution < 1.29 is 28.6 Å². The maximum absolute atomic E-state index is 12.9. The topological polar surface area (TPSA) is 78.9 Å². The van der Waals surface area contributed by atoms with Crippen LogP contribution in [0.1, 0.15) is 303 Å². The highest BCUT2D eigenvalue weighted by Crippen LogP contribution is 2.16. The van der Waals surface area contributed by atoms with E-state index < -0.39 is 6.10 Å². The third kappa shape index (κ3) is 68.0. The molecule has 0 aliphatic carbocycles. The molecule has 0 saturated heterocycles. The molecule has 0 heterocycles. The number of hydrogen-bond acceptors (Lipinski definition) is 6. The number of rotatable bonds is 61. The number of esters is 3. The Labute approximate surface area is 512 Å². The van der Waals surface area contributed by atoms with Crippen molar-refractivity contribution in [3.63, 3.8) is 0 Å². The van der Waals surface area contributed by atoms with E-state index in [-0.39, 0.29) is 31.1 Å². The summed E-state index contributed by atoms with van der Waals surface area (Å²) in [6.07, 6.45) is 100. The Morgan fingerprint density at radius 2 is 0.470 bits per heavy atom. The molecule has 0 radical (unpaired) electrons. The molecule has 1 unspecified atom stereocenters. The Balaban J connectivity index is 4.32. The molecule has 470 valence electrons. The first-order valence-electron chi connectivity index (χ1n) is 34.3. The second kappa shape index (κ2) is 69.8. The van der Waals surface area contributed by atoms with Gasteiger partial charge in [-0.3, -0.25) is 14.4 Å². The van der Waals surface area contributed by atoms with E-state index in [1.54, 1.807) is 0 Å². The zero-order chi connectivity index (χ0) is 59.9. The predicted octanol–water partition coefficient (Wildman–Crippen LogP) is 23.9. The lowest BCUT2D eigenvalue weighted by Gasteiger charge is -2.18. The van der Waals surface area contributed by atoms with Crippen LogP contribution >= 0.6 is 0 Å². The van der Waals surface area contributed by atoms with E-state index in [4.69, 9.17) is 14.2 Å². The highest BCUT2D eigenvalue weighted by Gasteiger charge is 2.19. The van der Waals surface area contributed by atoms with E-state index in [0.717, 1.165) is 141 Å². The molecule has 0 rings (SSSR count). The summed E-state index contributed by atoms with van der Waals surface area (Å²) < 4.78 is 16.9. The van der Waals surface area contributed by atoms with Crippen molar-refractivity contribution in [1.29, 1.82) is 0 Å². The zero-order valence-electron chi connectivity index (χ0n) is 53.9. The first kappa shape index (κ1) is 78.3. The molecule has 0 aromatic rings. The van der Waals surface area contributed by atoms with Gasteiger partial charge in [0.25, 0.3) is 0 Å². The first-order valence-corrected chi connectivity index (χ1v) is 34.3. The van der Waals surface area contributed by atoms with Crippen molar-refractivity contribution in [2.24, 2.45) is 0 Å². The predicted molar refractivity (Wildman–Crippen MR) is 362 cm³/mol.